The number of rotatable bonds is 5. The molecule has 1 heterocycles. The number of nitrogens with one attached hydrogen (secondary N) is 1. The summed E-state index contributed by atoms with van der Waals surface area (Å²) in [5.74, 6) is 0.0885. The van der Waals surface area contributed by atoms with E-state index < -0.39 is 6.10 Å². The Morgan fingerprint density at radius 1 is 1.00 bits per heavy atom. The second-order valence-electron chi connectivity index (χ2n) is 5.59. The van der Waals surface area contributed by atoms with Gasteiger partial charge in [-0.15, -0.1) is 0 Å². The predicted octanol–water partition coefficient (Wildman–Crippen LogP) is 3.74. The highest BCUT2D eigenvalue weighted by Crippen LogP contribution is 2.27. The molecule has 0 aliphatic carbocycles. The van der Waals surface area contributed by atoms with Crippen molar-refractivity contribution in [2.75, 3.05) is 11.9 Å². The van der Waals surface area contributed by atoms with Crippen molar-refractivity contribution in [3.05, 3.63) is 66.7 Å². The molecule has 1 atom stereocenters. The van der Waals surface area contributed by atoms with Crippen LogP contribution in [0.4, 0.5) is 10.3 Å². The molecular formula is C19H18FN3O. The zero-order chi connectivity index (χ0) is 16.9. The molecule has 0 saturated heterocycles. The summed E-state index contributed by atoms with van der Waals surface area (Å²) in [5.41, 5.74) is 2.86. The van der Waals surface area contributed by atoms with Crippen LogP contribution < -0.4 is 5.32 Å². The van der Waals surface area contributed by atoms with Crippen molar-refractivity contribution in [1.29, 1.82) is 0 Å². The number of benzene rings is 2. The van der Waals surface area contributed by atoms with Crippen molar-refractivity contribution in [3.63, 3.8) is 0 Å². The second-order valence-corrected chi connectivity index (χ2v) is 5.59. The van der Waals surface area contributed by atoms with Crippen LogP contribution in [0.1, 0.15) is 6.92 Å². The Labute approximate surface area is 140 Å². The van der Waals surface area contributed by atoms with Gasteiger partial charge in [0.25, 0.3) is 0 Å². The molecule has 0 amide bonds. The fourth-order valence-electron chi connectivity index (χ4n) is 2.36. The molecule has 0 unspecified atom stereocenters. The van der Waals surface area contributed by atoms with E-state index in [2.05, 4.69) is 15.3 Å². The molecule has 24 heavy (non-hydrogen) atoms. The summed E-state index contributed by atoms with van der Waals surface area (Å²) in [6, 6.07) is 14.8. The number of aliphatic hydroxyl groups excluding tert-OH is 1. The van der Waals surface area contributed by atoms with Crippen LogP contribution in [-0.4, -0.2) is 27.7 Å². The summed E-state index contributed by atoms with van der Waals surface area (Å²) in [5, 5.41) is 12.1. The maximum atomic E-state index is 14.5. The van der Waals surface area contributed by atoms with Gasteiger partial charge in [-0.2, -0.15) is 0 Å². The summed E-state index contributed by atoms with van der Waals surface area (Å²) >= 11 is 0. The van der Waals surface area contributed by atoms with Crippen molar-refractivity contribution in [1.82, 2.24) is 9.97 Å². The Hall–Kier alpha value is -2.79. The SMILES string of the molecule is C[C@@H](O)CNc1ncc(-c2ccc(-c3ccccc3)cc2F)cn1. The average Bonchev–Trinajstić information content (AvgIpc) is 2.61. The molecule has 0 bridgehead atoms. The van der Waals surface area contributed by atoms with Crippen molar-refractivity contribution < 1.29 is 9.50 Å². The van der Waals surface area contributed by atoms with Gasteiger partial charge in [-0.05, 0) is 24.1 Å². The van der Waals surface area contributed by atoms with Crippen LogP contribution in [0.25, 0.3) is 22.3 Å². The van der Waals surface area contributed by atoms with Crippen molar-refractivity contribution >= 4 is 5.95 Å². The molecule has 2 aromatic carbocycles. The van der Waals surface area contributed by atoms with Crippen LogP contribution in [0.15, 0.2) is 60.9 Å². The maximum Gasteiger partial charge on any atom is 0.222 e. The first-order chi connectivity index (χ1) is 11.6. The molecule has 3 rings (SSSR count). The zero-order valence-electron chi connectivity index (χ0n) is 13.3. The topological polar surface area (TPSA) is 58.0 Å². The minimum absolute atomic E-state index is 0.315. The van der Waals surface area contributed by atoms with Gasteiger partial charge in [-0.3, -0.25) is 0 Å². The smallest absolute Gasteiger partial charge is 0.222 e. The summed E-state index contributed by atoms with van der Waals surface area (Å²) in [7, 11) is 0. The number of nitrogens with zero attached hydrogens (tertiary/aromatic N) is 2. The molecule has 2 N–H and O–H groups in total. The van der Waals surface area contributed by atoms with Gasteiger partial charge in [0, 0.05) is 30.1 Å². The number of halogens is 1. The lowest BCUT2D eigenvalue weighted by atomic mass is 10.0. The predicted molar refractivity (Wildman–Crippen MR) is 93.0 cm³/mol. The van der Waals surface area contributed by atoms with Crippen LogP contribution in [0, 0.1) is 5.82 Å². The molecule has 0 aliphatic rings. The molecular weight excluding hydrogens is 305 g/mol. The van der Waals surface area contributed by atoms with Gasteiger partial charge in [0.1, 0.15) is 5.82 Å². The third-order valence-corrected chi connectivity index (χ3v) is 3.59. The summed E-state index contributed by atoms with van der Waals surface area (Å²) in [6.45, 7) is 2.03. The van der Waals surface area contributed by atoms with E-state index in [0.717, 1.165) is 11.1 Å². The van der Waals surface area contributed by atoms with Crippen molar-refractivity contribution in [2.45, 2.75) is 13.0 Å². The Kier molecular flexibility index (Phi) is 4.82. The lowest BCUT2D eigenvalue weighted by molar-refractivity contribution is 0.208. The number of hydrogen-bond donors (Lipinski definition) is 2. The van der Waals surface area contributed by atoms with Gasteiger partial charge in [-0.25, -0.2) is 14.4 Å². The van der Waals surface area contributed by atoms with E-state index in [4.69, 9.17) is 0 Å². The van der Waals surface area contributed by atoms with Crippen LogP contribution in [-0.2, 0) is 0 Å². The first-order valence-corrected chi connectivity index (χ1v) is 7.73. The van der Waals surface area contributed by atoms with E-state index in [1.54, 1.807) is 25.4 Å². The first-order valence-electron chi connectivity index (χ1n) is 7.73. The minimum Gasteiger partial charge on any atom is -0.392 e. The van der Waals surface area contributed by atoms with Crippen LogP contribution in [0.3, 0.4) is 0 Å². The Morgan fingerprint density at radius 2 is 1.71 bits per heavy atom. The fourth-order valence-corrected chi connectivity index (χ4v) is 2.36. The van der Waals surface area contributed by atoms with Gasteiger partial charge in [0.2, 0.25) is 5.95 Å². The Bertz CT molecular complexity index is 805. The number of anilines is 1. The van der Waals surface area contributed by atoms with Crippen LogP contribution >= 0.6 is 0 Å². The maximum absolute atomic E-state index is 14.5. The van der Waals surface area contributed by atoms with Gasteiger partial charge in [-0.1, -0.05) is 42.5 Å². The molecule has 0 saturated carbocycles. The average molecular weight is 323 g/mol. The molecule has 5 heteroatoms. The number of hydrogen-bond acceptors (Lipinski definition) is 4. The molecule has 122 valence electrons. The minimum atomic E-state index is -0.490. The molecule has 0 radical (unpaired) electrons. The molecule has 0 aliphatic heterocycles. The molecule has 0 spiro atoms. The second kappa shape index (κ2) is 7.19. The largest absolute Gasteiger partial charge is 0.392 e. The van der Waals surface area contributed by atoms with Crippen LogP contribution in [0.2, 0.25) is 0 Å². The van der Waals surface area contributed by atoms with Crippen LogP contribution in [0.5, 0.6) is 0 Å². The zero-order valence-corrected chi connectivity index (χ0v) is 13.3. The third-order valence-electron chi connectivity index (χ3n) is 3.59. The van der Waals surface area contributed by atoms with Gasteiger partial charge in [0.05, 0.1) is 6.10 Å². The van der Waals surface area contributed by atoms with E-state index in [1.165, 1.54) is 6.07 Å². The monoisotopic (exact) mass is 323 g/mol. The fraction of sp³-hybridized carbons (Fsp3) is 0.158. The van der Waals surface area contributed by atoms with E-state index >= 15 is 0 Å². The molecule has 3 aromatic rings. The highest BCUT2D eigenvalue weighted by Gasteiger charge is 2.09. The molecule has 0 fully saturated rings. The van der Waals surface area contributed by atoms with Gasteiger partial charge < -0.3 is 10.4 Å². The highest BCUT2D eigenvalue weighted by atomic mass is 19.1. The standard InChI is InChI=1S/C19H18FN3O/c1-13(24)10-21-19-22-11-16(12-23-19)17-8-7-15(9-18(17)20)14-5-3-2-4-6-14/h2-9,11-13,24H,10H2,1H3,(H,21,22,23)/t13-/m1/s1. The lowest BCUT2D eigenvalue weighted by Gasteiger charge is -2.09. The summed E-state index contributed by atoms with van der Waals surface area (Å²) in [4.78, 5) is 8.30. The summed E-state index contributed by atoms with van der Waals surface area (Å²) < 4.78 is 14.5. The van der Waals surface area contributed by atoms with Crippen molar-refractivity contribution in [3.8, 4) is 22.3 Å². The Balaban J connectivity index is 1.82. The van der Waals surface area contributed by atoms with E-state index in [1.807, 2.05) is 36.4 Å². The molecule has 1 aromatic heterocycles. The van der Waals surface area contributed by atoms with E-state index in [0.29, 0.717) is 23.6 Å². The molecule has 4 nitrogen and oxygen atoms in total. The van der Waals surface area contributed by atoms with E-state index in [9.17, 15) is 9.50 Å². The normalized spacial score (nSPS) is 12.0. The Morgan fingerprint density at radius 3 is 2.33 bits per heavy atom. The summed E-state index contributed by atoms with van der Waals surface area (Å²) in [6.07, 6.45) is 2.65. The third kappa shape index (κ3) is 3.75. The quantitative estimate of drug-likeness (QED) is 0.751. The lowest BCUT2D eigenvalue weighted by Crippen LogP contribution is -2.16. The van der Waals surface area contributed by atoms with Crippen molar-refractivity contribution in [2.24, 2.45) is 0 Å². The highest BCUT2D eigenvalue weighted by molar-refractivity contribution is 5.70. The van der Waals surface area contributed by atoms with Gasteiger partial charge in [0.15, 0.2) is 0 Å². The number of aromatic nitrogens is 2. The van der Waals surface area contributed by atoms with E-state index in [-0.39, 0.29) is 5.82 Å². The van der Waals surface area contributed by atoms with Gasteiger partial charge >= 0.3 is 0 Å². The number of aliphatic hydroxyl groups is 1. The first kappa shape index (κ1) is 16.1.